The molecule has 0 bridgehead atoms. The van der Waals surface area contributed by atoms with Crippen molar-refractivity contribution in [2.75, 3.05) is 32.7 Å². The summed E-state index contributed by atoms with van der Waals surface area (Å²) in [6.07, 6.45) is 2.50. The topological polar surface area (TPSA) is 60.9 Å². The number of likely N-dealkylation sites (tertiary alicyclic amines) is 1. The normalized spacial score (nSPS) is 23.5. The van der Waals surface area contributed by atoms with Crippen molar-refractivity contribution in [3.05, 3.63) is 35.4 Å². The first-order valence-corrected chi connectivity index (χ1v) is 9.48. The molecule has 1 aliphatic carbocycles. The summed E-state index contributed by atoms with van der Waals surface area (Å²) in [7, 11) is 0. The molecule has 2 aliphatic heterocycles. The van der Waals surface area contributed by atoms with Gasteiger partial charge in [0.2, 0.25) is 11.8 Å². The van der Waals surface area contributed by atoms with Gasteiger partial charge in [0, 0.05) is 50.7 Å². The van der Waals surface area contributed by atoms with Gasteiger partial charge >= 0.3 is 0 Å². The maximum atomic E-state index is 12.8. The zero-order valence-corrected chi connectivity index (χ0v) is 15.2. The van der Waals surface area contributed by atoms with E-state index in [-0.39, 0.29) is 23.6 Å². The predicted molar refractivity (Wildman–Crippen MR) is 96.5 cm³/mol. The number of hydrogen-bond donors (Lipinski definition) is 0. The second-order valence-electron chi connectivity index (χ2n) is 7.61. The van der Waals surface area contributed by atoms with E-state index in [2.05, 4.69) is 0 Å². The largest absolute Gasteiger partial charge is 0.339 e. The van der Waals surface area contributed by atoms with Crippen molar-refractivity contribution < 1.29 is 14.4 Å². The van der Waals surface area contributed by atoms with Crippen LogP contribution in [0.1, 0.15) is 35.2 Å². The lowest BCUT2D eigenvalue weighted by Gasteiger charge is -2.36. The summed E-state index contributed by atoms with van der Waals surface area (Å²) in [4.78, 5) is 43.1. The molecule has 0 N–H and O–H groups in total. The van der Waals surface area contributed by atoms with Crippen molar-refractivity contribution in [3.63, 3.8) is 0 Å². The van der Waals surface area contributed by atoms with Crippen molar-refractivity contribution in [1.29, 1.82) is 0 Å². The highest BCUT2D eigenvalue weighted by molar-refractivity contribution is 5.96. The summed E-state index contributed by atoms with van der Waals surface area (Å²) in [5.41, 5.74) is 1.70. The number of aryl methyl sites for hydroxylation is 1. The van der Waals surface area contributed by atoms with Gasteiger partial charge in [0.15, 0.2) is 0 Å². The lowest BCUT2D eigenvalue weighted by Crippen LogP contribution is -2.52. The van der Waals surface area contributed by atoms with Gasteiger partial charge in [-0.2, -0.15) is 0 Å². The van der Waals surface area contributed by atoms with Crippen LogP contribution in [0.5, 0.6) is 0 Å². The monoisotopic (exact) mass is 355 g/mol. The van der Waals surface area contributed by atoms with E-state index in [0.717, 1.165) is 24.0 Å². The first-order chi connectivity index (χ1) is 12.5. The molecule has 3 amide bonds. The maximum Gasteiger partial charge on any atom is 0.254 e. The molecule has 1 atom stereocenters. The SMILES string of the molecule is Cc1ccccc1C(=O)N1CCN(C(=O)C2CC(=O)N(C3CC3)C2)CC1. The van der Waals surface area contributed by atoms with Gasteiger partial charge < -0.3 is 14.7 Å². The zero-order chi connectivity index (χ0) is 18.3. The molecule has 3 aliphatic rings. The third kappa shape index (κ3) is 3.20. The van der Waals surface area contributed by atoms with Gasteiger partial charge in [0.1, 0.15) is 0 Å². The number of nitrogens with zero attached hydrogens (tertiary/aromatic N) is 3. The Morgan fingerprint density at radius 2 is 1.65 bits per heavy atom. The van der Waals surface area contributed by atoms with Gasteiger partial charge in [-0.1, -0.05) is 18.2 Å². The van der Waals surface area contributed by atoms with Crippen molar-refractivity contribution in [1.82, 2.24) is 14.7 Å². The molecular formula is C20H25N3O3. The van der Waals surface area contributed by atoms with Crippen LogP contribution in [0, 0.1) is 12.8 Å². The molecule has 4 rings (SSSR count). The smallest absolute Gasteiger partial charge is 0.254 e. The summed E-state index contributed by atoms with van der Waals surface area (Å²) < 4.78 is 0. The molecule has 1 unspecified atom stereocenters. The van der Waals surface area contributed by atoms with Gasteiger partial charge in [-0.3, -0.25) is 14.4 Å². The Kier molecular flexibility index (Phi) is 4.42. The second-order valence-corrected chi connectivity index (χ2v) is 7.61. The van der Waals surface area contributed by atoms with Crippen LogP contribution in [-0.2, 0) is 9.59 Å². The Hall–Kier alpha value is -2.37. The first kappa shape index (κ1) is 17.1. The number of carbonyl (C=O) groups is 3. The number of rotatable bonds is 3. The van der Waals surface area contributed by atoms with Crippen molar-refractivity contribution in [2.24, 2.45) is 5.92 Å². The quantitative estimate of drug-likeness (QED) is 0.821. The molecule has 1 aromatic rings. The van der Waals surface area contributed by atoms with Crippen LogP contribution in [0.4, 0.5) is 0 Å². The molecule has 2 saturated heterocycles. The van der Waals surface area contributed by atoms with E-state index in [0.29, 0.717) is 45.2 Å². The Labute approximate surface area is 153 Å². The van der Waals surface area contributed by atoms with Crippen LogP contribution in [0.15, 0.2) is 24.3 Å². The molecule has 0 radical (unpaired) electrons. The number of piperazine rings is 1. The van der Waals surface area contributed by atoms with Gasteiger partial charge in [-0.15, -0.1) is 0 Å². The molecule has 1 saturated carbocycles. The average Bonchev–Trinajstić information content (AvgIpc) is 3.43. The van der Waals surface area contributed by atoms with E-state index in [9.17, 15) is 14.4 Å². The molecule has 0 aromatic heterocycles. The number of carbonyl (C=O) groups excluding carboxylic acids is 3. The molecule has 138 valence electrons. The fraction of sp³-hybridized carbons (Fsp3) is 0.550. The van der Waals surface area contributed by atoms with Crippen LogP contribution in [-0.4, -0.2) is 71.2 Å². The molecule has 2 heterocycles. The highest BCUT2D eigenvalue weighted by Crippen LogP contribution is 2.33. The van der Waals surface area contributed by atoms with Crippen LogP contribution in [0.2, 0.25) is 0 Å². The van der Waals surface area contributed by atoms with Crippen LogP contribution < -0.4 is 0 Å². The molecule has 1 aromatic carbocycles. The van der Waals surface area contributed by atoms with Crippen LogP contribution in [0.25, 0.3) is 0 Å². The van der Waals surface area contributed by atoms with E-state index < -0.39 is 0 Å². The minimum Gasteiger partial charge on any atom is -0.339 e. The highest BCUT2D eigenvalue weighted by Gasteiger charge is 2.43. The first-order valence-electron chi connectivity index (χ1n) is 9.48. The summed E-state index contributed by atoms with van der Waals surface area (Å²) in [6, 6.07) is 7.98. The number of benzene rings is 1. The van der Waals surface area contributed by atoms with Gasteiger partial charge in [-0.05, 0) is 31.4 Å². The highest BCUT2D eigenvalue weighted by atomic mass is 16.2. The van der Waals surface area contributed by atoms with Crippen molar-refractivity contribution in [3.8, 4) is 0 Å². The number of hydrogen-bond acceptors (Lipinski definition) is 3. The number of amides is 3. The third-order valence-corrected chi connectivity index (χ3v) is 5.75. The van der Waals surface area contributed by atoms with E-state index in [1.807, 2.05) is 45.9 Å². The minimum atomic E-state index is -0.207. The Balaban J connectivity index is 1.33. The summed E-state index contributed by atoms with van der Waals surface area (Å²) in [6.45, 7) is 4.70. The molecule has 6 heteroatoms. The maximum absolute atomic E-state index is 12.8. The minimum absolute atomic E-state index is 0.0335. The molecule has 3 fully saturated rings. The standard InChI is InChI=1S/C20H25N3O3/c1-14-4-2-3-5-17(14)20(26)22-10-8-21(9-11-22)19(25)15-12-18(24)23(13-15)16-6-7-16/h2-5,15-16H,6-13H2,1H3. The zero-order valence-electron chi connectivity index (χ0n) is 15.2. The molecule has 6 nitrogen and oxygen atoms in total. The van der Waals surface area contributed by atoms with Crippen LogP contribution in [0.3, 0.4) is 0 Å². The fourth-order valence-corrected chi connectivity index (χ4v) is 4.01. The van der Waals surface area contributed by atoms with E-state index >= 15 is 0 Å². The van der Waals surface area contributed by atoms with E-state index in [1.54, 1.807) is 0 Å². The summed E-state index contributed by atoms with van der Waals surface area (Å²) in [5, 5.41) is 0. The summed E-state index contributed by atoms with van der Waals surface area (Å²) in [5.74, 6) is 0.0246. The molecule has 0 spiro atoms. The van der Waals surface area contributed by atoms with E-state index in [1.165, 1.54) is 0 Å². The van der Waals surface area contributed by atoms with Gasteiger partial charge in [0.25, 0.3) is 5.91 Å². The van der Waals surface area contributed by atoms with Crippen molar-refractivity contribution >= 4 is 17.7 Å². The Bertz CT molecular complexity index is 736. The van der Waals surface area contributed by atoms with Gasteiger partial charge in [-0.25, -0.2) is 0 Å². The Morgan fingerprint density at radius 1 is 1.00 bits per heavy atom. The molecule has 26 heavy (non-hydrogen) atoms. The summed E-state index contributed by atoms with van der Waals surface area (Å²) >= 11 is 0. The van der Waals surface area contributed by atoms with E-state index in [4.69, 9.17) is 0 Å². The lowest BCUT2D eigenvalue weighted by atomic mass is 10.1. The Morgan fingerprint density at radius 3 is 2.31 bits per heavy atom. The van der Waals surface area contributed by atoms with Gasteiger partial charge in [0.05, 0.1) is 5.92 Å². The lowest BCUT2D eigenvalue weighted by molar-refractivity contribution is -0.137. The second kappa shape index (κ2) is 6.74. The van der Waals surface area contributed by atoms with Crippen LogP contribution >= 0.6 is 0 Å². The predicted octanol–water partition coefficient (Wildman–Crippen LogP) is 1.29. The fourth-order valence-electron chi connectivity index (χ4n) is 4.01. The average molecular weight is 355 g/mol. The molecular weight excluding hydrogens is 330 g/mol. The third-order valence-electron chi connectivity index (χ3n) is 5.75. The van der Waals surface area contributed by atoms with Crippen molar-refractivity contribution in [2.45, 2.75) is 32.2 Å².